The lowest BCUT2D eigenvalue weighted by molar-refractivity contribution is 0.290. The van der Waals surface area contributed by atoms with Crippen molar-refractivity contribution in [3.8, 4) is 0 Å². The molecule has 1 aromatic heterocycles. The van der Waals surface area contributed by atoms with Crippen molar-refractivity contribution in [3.05, 3.63) is 89.7 Å². The highest BCUT2D eigenvalue weighted by Gasteiger charge is 2.13. The highest BCUT2D eigenvalue weighted by atomic mass is 15.3. The van der Waals surface area contributed by atoms with Crippen LogP contribution in [0.25, 0.3) is 0 Å². The topological polar surface area (TPSA) is 57.5 Å². The molecule has 2 N–H and O–H groups in total. The fourth-order valence-corrected chi connectivity index (χ4v) is 3.39. The summed E-state index contributed by atoms with van der Waals surface area (Å²) in [5.74, 6) is 0.809. The molecule has 0 aliphatic rings. The van der Waals surface area contributed by atoms with Crippen LogP contribution in [-0.2, 0) is 19.5 Å². The summed E-state index contributed by atoms with van der Waals surface area (Å²) in [7, 11) is 6.06. The standard InChI is InChI=1S/C24H32N6/c1-25-24(27-18-23(29(2)3)16-20-10-5-4-6-11-20)26-17-21-12-7-8-13-22(21)19-30-15-9-14-28-30/h4-15,23H,16-19H2,1-3H3,(H2,25,26,27). The van der Waals surface area contributed by atoms with Crippen molar-refractivity contribution < 1.29 is 0 Å². The maximum absolute atomic E-state index is 4.41. The molecule has 6 nitrogen and oxygen atoms in total. The number of guanidine groups is 1. The van der Waals surface area contributed by atoms with Crippen molar-refractivity contribution in [3.63, 3.8) is 0 Å². The third-order valence-electron chi connectivity index (χ3n) is 5.23. The summed E-state index contributed by atoms with van der Waals surface area (Å²) in [5.41, 5.74) is 3.83. The minimum absolute atomic E-state index is 0.373. The first-order chi connectivity index (χ1) is 14.7. The molecule has 1 atom stereocenters. The monoisotopic (exact) mass is 404 g/mol. The molecule has 1 unspecified atom stereocenters. The number of benzene rings is 2. The number of likely N-dealkylation sites (N-methyl/N-ethyl adjacent to an activating group) is 1. The predicted molar refractivity (Wildman–Crippen MR) is 124 cm³/mol. The van der Waals surface area contributed by atoms with Crippen molar-refractivity contribution in [2.45, 2.75) is 25.6 Å². The van der Waals surface area contributed by atoms with Crippen LogP contribution in [0, 0.1) is 0 Å². The van der Waals surface area contributed by atoms with Gasteiger partial charge in [-0.1, -0.05) is 54.6 Å². The van der Waals surface area contributed by atoms with Gasteiger partial charge >= 0.3 is 0 Å². The predicted octanol–water partition coefficient (Wildman–Crippen LogP) is 2.77. The van der Waals surface area contributed by atoms with E-state index in [4.69, 9.17) is 0 Å². The van der Waals surface area contributed by atoms with E-state index in [0.717, 1.165) is 25.5 Å². The number of nitrogens with one attached hydrogen (secondary N) is 2. The van der Waals surface area contributed by atoms with Crippen LogP contribution in [0.4, 0.5) is 0 Å². The molecule has 3 aromatic rings. The zero-order valence-corrected chi connectivity index (χ0v) is 18.1. The van der Waals surface area contributed by atoms with Crippen LogP contribution in [0.1, 0.15) is 16.7 Å². The van der Waals surface area contributed by atoms with Gasteiger partial charge in [-0.15, -0.1) is 0 Å². The zero-order chi connectivity index (χ0) is 21.2. The SMILES string of the molecule is CN=C(NCc1ccccc1Cn1cccn1)NCC(Cc1ccccc1)N(C)C. The molecule has 0 spiro atoms. The smallest absolute Gasteiger partial charge is 0.191 e. The van der Waals surface area contributed by atoms with Gasteiger partial charge in [-0.3, -0.25) is 9.67 Å². The molecule has 30 heavy (non-hydrogen) atoms. The molecule has 0 bridgehead atoms. The molecule has 0 saturated heterocycles. The Bertz CT molecular complexity index is 902. The average molecular weight is 405 g/mol. The van der Waals surface area contributed by atoms with Crippen molar-refractivity contribution in [2.24, 2.45) is 4.99 Å². The average Bonchev–Trinajstić information content (AvgIpc) is 3.27. The first kappa shape index (κ1) is 21.6. The van der Waals surface area contributed by atoms with Gasteiger partial charge in [0.15, 0.2) is 5.96 Å². The Balaban J connectivity index is 1.56. The molecule has 0 radical (unpaired) electrons. The van der Waals surface area contributed by atoms with Crippen molar-refractivity contribution >= 4 is 5.96 Å². The van der Waals surface area contributed by atoms with Gasteiger partial charge in [0.05, 0.1) is 6.54 Å². The van der Waals surface area contributed by atoms with Crippen LogP contribution in [0.2, 0.25) is 0 Å². The van der Waals surface area contributed by atoms with Crippen LogP contribution < -0.4 is 10.6 Å². The summed E-state index contributed by atoms with van der Waals surface area (Å²) >= 11 is 0. The number of hydrogen-bond donors (Lipinski definition) is 2. The number of rotatable bonds is 9. The van der Waals surface area contributed by atoms with Gasteiger partial charge in [-0.2, -0.15) is 5.10 Å². The molecule has 6 heteroatoms. The van der Waals surface area contributed by atoms with Crippen LogP contribution in [-0.4, -0.2) is 54.4 Å². The lowest BCUT2D eigenvalue weighted by atomic mass is 10.1. The summed E-state index contributed by atoms with van der Waals surface area (Å²) < 4.78 is 1.94. The Morgan fingerprint density at radius 2 is 1.73 bits per heavy atom. The van der Waals surface area contributed by atoms with E-state index in [2.05, 4.69) is 94.3 Å². The zero-order valence-electron chi connectivity index (χ0n) is 18.1. The molecule has 3 rings (SSSR count). The quantitative estimate of drug-likeness (QED) is 0.425. The number of nitrogens with zero attached hydrogens (tertiary/aromatic N) is 4. The summed E-state index contributed by atoms with van der Waals surface area (Å²) in [4.78, 5) is 6.66. The Kier molecular flexibility index (Phi) is 8.03. The Hall–Kier alpha value is -3.12. The summed E-state index contributed by atoms with van der Waals surface area (Å²) in [6.45, 7) is 2.29. The summed E-state index contributed by atoms with van der Waals surface area (Å²) in [5, 5.41) is 11.3. The Morgan fingerprint density at radius 1 is 1.00 bits per heavy atom. The van der Waals surface area contributed by atoms with Crippen LogP contribution in [0.3, 0.4) is 0 Å². The lowest BCUT2D eigenvalue weighted by Gasteiger charge is -2.26. The number of aliphatic imine (C=N–C) groups is 1. The second-order valence-corrected chi connectivity index (χ2v) is 7.59. The molecule has 158 valence electrons. The van der Waals surface area contributed by atoms with Crippen LogP contribution in [0.15, 0.2) is 78.0 Å². The third kappa shape index (κ3) is 6.46. The second-order valence-electron chi connectivity index (χ2n) is 7.59. The number of hydrogen-bond acceptors (Lipinski definition) is 3. The molecule has 0 aliphatic heterocycles. The lowest BCUT2D eigenvalue weighted by Crippen LogP contribution is -2.45. The molecule has 0 saturated carbocycles. The van der Waals surface area contributed by atoms with Crippen molar-refractivity contribution in [1.29, 1.82) is 0 Å². The molecule has 0 fully saturated rings. The minimum atomic E-state index is 0.373. The van der Waals surface area contributed by atoms with Crippen LogP contribution in [0.5, 0.6) is 0 Å². The molecular weight excluding hydrogens is 372 g/mol. The fourth-order valence-electron chi connectivity index (χ4n) is 3.39. The van der Waals surface area contributed by atoms with Gasteiger partial charge in [0.2, 0.25) is 0 Å². The highest BCUT2D eigenvalue weighted by Crippen LogP contribution is 2.10. The van der Waals surface area contributed by atoms with Gasteiger partial charge in [-0.25, -0.2) is 0 Å². The molecular formula is C24H32N6. The van der Waals surface area contributed by atoms with Gasteiger partial charge < -0.3 is 15.5 Å². The van der Waals surface area contributed by atoms with E-state index < -0.39 is 0 Å². The first-order valence-electron chi connectivity index (χ1n) is 10.3. The Labute approximate surface area is 179 Å². The third-order valence-corrected chi connectivity index (χ3v) is 5.23. The summed E-state index contributed by atoms with van der Waals surface area (Å²) in [6, 6.07) is 21.4. The maximum atomic E-state index is 4.41. The van der Waals surface area contributed by atoms with E-state index >= 15 is 0 Å². The van der Waals surface area contributed by atoms with Crippen molar-refractivity contribution in [2.75, 3.05) is 27.7 Å². The normalized spacial score (nSPS) is 12.7. The van der Waals surface area contributed by atoms with E-state index in [-0.39, 0.29) is 0 Å². The molecule has 0 amide bonds. The van der Waals surface area contributed by atoms with Crippen molar-refractivity contribution in [1.82, 2.24) is 25.3 Å². The van der Waals surface area contributed by atoms with Crippen LogP contribution >= 0.6 is 0 Å². The van der Waals surface area contributed by atoms with Gasteiger partial charge in [-0.05, 0) is 43.3 Å². The maximum Gasteiger partial charge on any atom is 0.191 e. The van der Waals surface area contributed by atoms with Gasteiger partial charge in [0.25, 0.3) is 0 Å². The van der Waals surface area contributed by atoms with E-state index in [0.29, 0.717) is 12.6 Å². The second kappa shape index (κ2) is 11.2. The first-order valence-corrected chi connectivity index (χ1v) is 10.3. The summed E-state index contributed by atoms with van der Waals surface area (Å²) in [6.07, 6.45) is 4.78. The van der Waals surface area contributed by atoms with E-state index in [1.54, 1.807) is 0 Å². The largest absolute Gasteiger partial charge is 0.355 e. The molecule has 1 heterocycles. The minimum Gasteiger partial charge on any atom is -0.355 e. The number of aromatic nitrogens is 2. The van der Waals surface area contributed by atoms with E-state index in [1.165, 1.54) is 16.7 Å². The fraction of sp³-hybridized carbons (Fsp3) is 0.333. The highest BCUT2D eigenvalue weighted by molar-refractivity contribution is 5.79. The molecule has 2 aromatic carbocycles. The molecule has 0 aliphatic carbocycles. The van der Waals surface area contributed by atoms with Gasteiger partial charge in [0.1, 0.15) is 0 Å². The van der Waals surface area contributed by atoms with E-state index in [9.17, 15) is 0 Å². The van der Waals surface area contributed by atoms with E-state index in [1.807, 2.05) is 30.2 Å². The van der Waals surface area contributed by atoms with Gasteiger partial charge in [0, 0.05) is 38.6 Å². The Morgan fingerprint density at radius 3 is 2.40 bits per heavy atom.